The lowest BCUT2D eigenvalue weighted by Crippen LogP contribution is -2.18. The van der Waals surface area contributed by atoms with E-state index in [0.29, 0.717) is 10.8 Å². The van der Waals surface area contributed by atoms with Gasteiger partial charge >= 0.3 is 0 Å². The lowest BCUT2D eigenvalue weighted by atomic mass is 9.80. The Bertz CT molecular complexity index is 1950. The van der Waals surface area contributed by atoms with Crippen LogP contribution in [-0.2, 0) is 5.41 Å². The Kier molecular flexibility index (Phi) is 19.0. The monoisotopic (exact) mass is 689 g/mol. The fraction of sp³-hybridized carbons (Fsp3) is 0.152. The first-order valence-electron chi connectivity index (χ1n) is 15.9. The van der Waals surface area contributed by atoms with E-state index in [1.165, 1.54) is 18.4 Å². The van der Waals surface area contributed by atoms with Gasteiger partial charge in [-0.25, -0.2) is 0 Å². The summed E-state index contributed by atoms with van der Waals surface area (Å²) >= 11 is 5.63. The number of hydrogen-bond donors (Lipinski definition) is 0. The molecule has 0 saturated heterocycles. The molecule has 0 spiro atoms. The number of methoxy groups -OCH3 is 2. The molecular weight excluding hydrogens is 650 g/mol. The van der Waals surface area contributed by atoms with Crippen LogP contribution in [0.2, 0.25) is 5.02 Å². The molecule has 0 aromatic heterocycles. The fourth-order valence-corrected chi connectivity index (χ4v) is 4.97. The third kappa shape index (κ3) is 14.7. The molecule has 0 radical (unpaired) electrons. The normalized spacial score (nSPS) is 11.2. The minimum Gasteiger partial charge on any atom is -0.497 e. The smallest absolute Gasteiger partial charge is 0.141 e. The zero-order valence-electron chi connectivity index (χ0n) is 28.9. The number of benzene rings is 5. The lowest BCUT2D eigenvalue weighted by molar-refractivity contribution is 0.413. The number of halogens is 1. The number of nitrogens with zero attached hydrogens (tertiary/aromatic N) is 1. The molecule has 0 unspecified atom stereocenters. The third-order valence-electron chi connectivity index (χ3n) is 7.43. The highest BCUT2D eigenvalue weighted by atomic mass is 35.5. The molecule has 0 heterocycles. The number of ether oxygens (including phenoxy) is 3. The van der Waals surface area contributed by atoms with E-state index in [2.05, 4.69) is 42.1 Å². The molecule has 5 heteroatoms. The van der Waals surface area contributed by atoms with Crippen LogP contribution >= 0.6 is 11.6 Å². The molecule has 51 heavy (non-hydrogen) atoms. The third-order valence-corrected chi connectivity index (χ3v) is 7.67. The fourth-order valence-electron chi connectivity index (χ4n) is 4.78. The van der Waals surface area contributed by atoms with Gasteiger partial charge in [0, 0.05) is 22.2 Å². The molecule has 0 amide bonds. The van der Waals surface area contributed by atoms with E-state index in [0.717, 1.165) is 41.0 Å². The number of nitriles is 1. The van der Waals surface area contributed by atoms with Crippen molar-refractivity contribution in [3.63, 3.8) is 0 Å². The van der Waals surface area contributed by atoms with Crippen molar-refractivity contribution in [1.29, 1.82) is 5.26 Å². The van der Waals surface area contributed by atoms with Gasteiger partial charge in [-0.15, -0.1) is 19.3 Å². The van der Waals surface area contributed by atoms with Crippen LogP contribution in [0.5, 0.6) is 17.2 Å². The topological polar surface area (TPSA) is 51.5 Å². The second-order valence-electron chi connectivity index (χ2n) is 10.7. The largest absolute Gasteiger partial charge is 0.497 e. The van der Waals surface area contributed by atoms with Crippen LogP contribution in [0.1, 0.15) is 47.9 Å². The van der Waals surface area contributed by atoms with Crippen molar-refractivity contribution in [3.05, 3.63) is 161 Å². The molecule has 1 saturated carbocycles. The van der Waals surface area contributed by atoms with Gasteiger partial charge in [-0.05, 0) is 79.1 Å². The predicted molar refractivity (Wildman–Crippen MR) is 209 cm³/mol. The van der Waals surface area contributed by atoms with Gasteiger partial charge in [-0.3, -0.25) is 0 Å². The Labute approximate surface area is 309 Å². The van der Waals surface area contributed by atoms with Gasteiger partial charge in [-0.1, -0.05) is 115 Å². The molecule has 5 aromatic carbocycles. The standard InChI is InChI=1S/C12H13N.2C9H8O.C8H5ClO.C8H6/c13-10-12(8-4-5-9-12)11-6-2-1-3-7-11;1-3-8-4-6-9(10-2)7-5-8;1-3-8-6-4-5-7-9(8)10-2;1-2-10-8-5-3-4-7(9)6-8;1-2-8-6-4-3-5-7-8/h1-3,6-7H,4-5,8-9H2;2*1,4-7H,2H3;1,3-6H;1,3-7H. The van der Waals surface area contributed by atoms with Crippen LogP contribution in [-0.4, -0.2) is 14.2 Å². The van der Waals surface area contributed by atoms with Crippen LogP contribution in [0.15, 0.2) is 133 Å². The number of terminal acetylenes is 4. The molecule has 254 valence electrons. The maximum Gasteiger partial charge on any atom is 0.141 e. The average Bonchev–Trinajstić information content (AvgIpc) is 3.70. The van der Waals surface area contributed by atoms with Gasteiger partial charge in [0.05, 0.1) is 31.3 Å². The second kappa shape index (κ2) is 23.8. The highest BCUT2D eigenvalue weighted by Crippen LogP contribution is 2.40. The van der Waals surface area contributed by atoms with E-state index in [4.69, 9.17) is 51.5 Å². The van der Waals surface area contributed by atoms with Crippen molar-refractivity contribution in [3.8, 4) is 72.9 Å². The van der Waals surface area contributed by atoms with E-state index in [-0.39, 0.29) is 5.41 Å². The Balaban J connectivity index is 0.000000223. The number of para-hydroxylation sites is 1. The Morgan fingerprint density at radius 1 is 0.608 bits per heavy atom. The zero-order valence-corrected chi connectivity index (χ0v) is 29.6. The minimum atomic E-state index is -0.165. The van der Waals surface area contributed by atoms with Crippen molar-refractivity contribution >= 4 is 11.6 Å². The highest BCUT2D eigenvalue weighted by Gasteiger charge is 2.35. The predicted octanol–water partition coefficient (Wildman–Crippen LogP) is 10.4. The van der Waals surface area contributed by atoms with E-state index in [9.17, 15) is 5.26 Å². The van der Waals surface area contributed by atoms with Crippen molar-refractivity contribution in [2.75, 3.05) is 14.2 Å². The molecule has 0 bridgehead atoms. The average molecular weight is 690 g/mol. The molecule has 0 N–H and O–H groups in total. The van der Waals surface area contributed by atoms with Crippen molar-refractivity contribution in [1.82, 2.24) is 0 Å². The van der Waals surface area contributed by atoms with Gasteiger partial charge in [0.15, 0.2) is 0 Å². The summed E-state index contributed by atoms with van der Waals surface area (Å²) in [6, 6.07) is 44.1. The lowest BCUT2D eigenvalue weighted by Gasteiger charge is -2.20. The van der Waals surface area contributed by atoms with E-state index >= 15 is 0 Å². The van der Waals surface area contributed by atoms with Crippen LogP contribution < -0.4 is 14.2 Å². The van der Waals surface area contributed by atoms with Crippen LogP contribution in [0.25, 0.3) is 0 Å². The summed E-state index contributed by atoms with van der Waals surface area (Å²) < 4.78 is 14.7. The molecular formula is C46H40ClNO3. The van der Waals surface area contributed by atoms with E-state index in [1.807, 2.05) is 97.1 Å². The first-order valence-corrected chi connectivity index (χ1v) is 16.3. The van der Waals surface area contributed by atoms with Crippen molar-refractivity contribution < 1.29 is 14.2 Å². The Morgan fingerprint density at radius 3 is 1.65 bits per heavy atom. The summed E-state index contributed by atoms with van der Waals surface area (Å²) in [7, 11) is 3.24. The van der Waals surface area contributed by atoms with E-state index < -0.39 is 0 Å². The second-order valence-corrected chi connectivity index (χ2v) is 11.1. The van der Waals surface area contributed by atoms with Crippen LogP contribution in [0, 0.1) is 60.9 Å². The molecule has 1 fully saturated rings. The maximum atomic E-state index is 9.22. The molecule has 0 atom stereocenters. The van der Waals surface area contributed by atoms with Crippen molar-refractivity contribution in [2.24, 2.45) is 0 Å². The van der Waals surface area contributed by atoms with Gasteiger partial charge < -0.3 is 14.2 Å². The summed E-state index contributed by atoms with van der Waals surface area (Å²) in [5.41, 5.74) is 3.65. The molecule has 1 aliphatic rings. The number of rotatable bonds is 4. The summed E-state index contributed by atoms with van der Waals surface area (Å²) in [6.45, 7) is 0. The molecule has 4 nitrogen and oxygen atoms in total. The van der Waals surface area contributed by atoms with Gasteiger partial charge in [0.1, 0.15) is 23.4 Å². The molecule has 0 aliphatic heterocycles. The van der Waals surface area contributed by atoms with E-state index in [1.54, 1.807) is 38.5 Å². The molecule has 5 aromatic rings. The molecule has 1 aliphatic carbocycles. The summed E-state index contributed by atoms with van der Waals surface area (Å²) in [6.07, 6.45) is 26.9. The summed E-state index contributed by atoms with van der Waals surface area (Å²) in [5, 5.41) is 9.84. The highest BCUT2D eigenvalue weighted by molar-refractivity contribution is 6.30. The quantitative estimate of drug-likeness (QED) is 0.176. The van der Waals surface area contributed by atoms with Gasteiger partial charge in [0.25, 0.3) is 0 Å². The Hall–Kier alpha value is -6.48. The summed E-state index contributed by atoms with van der Waals surface area (Å²) in [5.74, 6) is 9.75. The zero-order chi connectivity index (χ0) is 37.2. The van der Waals surface area contributed by atoms with Crippen molar-refractivity contribution in [2.45, 2.75) is 31.1 Å². The first kappa shape index (κ1) is 40.7. The van der Waals surface area contributed by atoms with Gasteiger partial charge in [0.2, 0.25) is 0 Å². The van der Waals surface area contributed by atoms with Crippen LogP contribution in [0.4, 0.5) is 0 Å². The van der Waals surface area contributed by atoms with Crippen LogP contribution in [0.3, 0.4) is 0 Å². The minimum absolute atomic E-state index is 0.165. The molecule has 6 rings (SSSR count). The first-order chi connectivity index (χ1) is 24.9. The Morgan fingerprint density at radius 2 is 1.18 bits per heavy atom. The van der Waals surface area contributed by atoms with Gasteiger partial charge in [-0.2, -0.15) is 5.26 Å². The maximum absolute atomic E-state index is 9.22. The SMILES string of the molecule is C#COc1cccc(Cl)c1.C#Cc1ccc(OC)cc1.C#Cc1ccccc1.C#Cc1ccccc1OC.N#CC1(c2ccccc2)CCCC1. The number of hydrogen-bond acceptors (Lipinski definition) is 4. The summed E-state index contributed by atoms with van der Waals surface area (Å²) in [4.78, 5) is 0.